The molecule has 1 aromatic rings. The van der Waals surface area contributed by atoms with Gasteiger partial charge in [0.25, 0.3) is 5.91 Å². The third kappa shape index (κ3) is 3.56. The monoisotopic (exact) mass is 220 g/mol. The average molecular weight is 220 g/mol. The topological polar surface area (TPSA) is 52.9 Å². The van der Waals surface area contributed by atoms with Crippen LogP contribution in [0.2, 0.25) is 0 Å². The predicted octanol–water partition coefficient (Wildman–Crippen LogP) is 2.18. The van der Waals surface area contributed by atoms with Gasteiger partial charge in [0, 0.05) is 6.04 Å². The first kappa shape index (κ1) is 11.5. The van der Waals surface area contributed by atoms with Gasteiger partial charge in [0.1, 0.15) is 11.6 Å². The lowest BCUT2D eigenvalue weighted by Crippen LogP contribution is -2.30. The Kier molecular flexibility index (Phi) is 4.07. The molecule has 1 aromatic heterocycles. The van der Waals surface area contributed by atoms with E-state index in [1.165, 1.54) is 11.3 Å². The minimum absolute atomic E-state index is 0.0386. The third-order valence-electron chi connectivity index (χ3n) is 1.64. The van der Waals surface area contributed by atoms with Gasteiger partial charge < -0.3 is 5.32 Å². The normalized spacial score (nSPS) is 11.2. The third-order valence-corrected chi connectivity index (χ3v) is 2.34. The Labute approximate surface area is 93.0 Å². The summed E-state index contributed by atoms with van der Waals surface area (Å²) >= 11 is 1.53. The van der Waals surface area contributed by atoms with Gasteiger partial charge >= 0.3 is 0 Å². The SMILES string of the molecule is CC(C)NC(=O)/C(C#N)=C/c1ccsc1. The number of hydrogen-bond donors (Lipinski definition) is 1. The number of nitrogens with one attached hydrogen (secondary N) is 1. The van der Waals surface area contributed by atoms with Gasteiger partial charge in [0.2, 0.25) is 0 Å². The summed E-state index contributed by atoms with van der Waals surface area (Å²) in [6.45, 7) is 3.72. The molecule has 0 aromatic carbocycles. The van der Waals surface area contributed by atoms with E-state index in [1.807, 2.05) is 36.7 Å². The second kappa shape index (κ2) is 5.32. The molecule has 0 aliphatic carbocycles. The van der Waals surface area contributed by atoms with E-state index in [2.05, 4.69) is 5.32 Å². The quantitative estimate of drug-likeness (QED) is 0.627. The maximum absolute atomic E-state index is 11.5. The molecule has 4 heteroatoms. The number of carbonyl (C=O) groups is 1. The van der Waals surface area contributed by atoms with Crippen molar-refractivity contribution in [2.24, 2.45) is 0 Å². The second-order valence-corrected chi connectivity index (χ2v) is 4.13. The lowest BCUT2D eigenvalue weighted by Gasteiger charge is -2.06. The van der Waals surface area contributed by atoms with Crippen molar-refractivity contribution in [3.8, 4) is 6.07 Å². The standard InChI is InChI=1S/C11H12N2OS/c1-8(2)13-11(14)10(6-12)5-9-3-4-15-7-9/h3-5,7-8H,1-2H3,(H,13,14)/b10-5+. The van der Waals surface area contributed by atoms with Crippen LogP contribution in [0.25, 0.3) is 6.08 Å². The van der Waals surface area contributed by atoms with Crippen molar-refractivity contribution in [2.75, 3.05) is 0 Å². The van der Waals surface area contributed by atoms with Crippen LogP contribution in [0.3, 0.4) is 0 Å². The highest BCUT2D eigenvalue weighted by Crippen LogP contribution is 2.10. The summed E-state index contributed by atoms with van der Waals surface area (Å²) in [6.07, 6.45) is 1.59. The van der Waals surface area contributed by atoms with Gasteiger partial charge in [-0.3, -0.25) is 4.79 Å². The smallest absolute Gasteiger partial charge is 0.262 e. The number of carbonyl (C=O) groups excluding carboxylic acids is 1. The Hall–Kier alpha value is -1.60. The van der Waals surface area contributed by atoms with Crippen molar-refractivity contribution < 1.29 is 4.79 Å². The van der Waals surface area contributed by atoms with Gasteiger partial charge in [-0.1, -0.05) is 0 Å². The molecule has 0 saturated carbocycles. The van der Waals surface area contributed by atoms with Crippen molar-refractivity contribution >= 4 is 23.3 Å². The van der Waals surface area contributed by atoms with Crippen LogP contribution in [0.5, 0.6) is 0 Å². The number of amides is 1. The molecule has 1 N–H and O–H groups in total. The number of nitrogens with zero attached hydrogens (tertiary/aromatic N) is 1. The van der Waals surface area contributed by atoms with Gasteiger partial charge in [0.05, 0.1) is 0 Å². The van der Waals surface area contributed by atoms with Crippen molar-refractivity contribution in [1.29, 1.82) is 5.26 Å². The Morgan fingerprint density at radius 3 is 2.87 bits per heavy atom. The van der Waals surface area contributed by atoms with Crippen LogP contribution in [0.1, 0.15) is 19.4 Å². The van der Waals surface area contributed by atoms with Gasteiger partial charge in [-0.25, -0.2) is 0 Å². The van der Waals surface area contributed by atoms with Crippen LogP contribution < -0.4 is 5.32 Å². The lowest BCUT2D eigenvalue weighted by molar-refractivity contribution is -0.117. The van der Waals surface area contributed by atoms with Crippen LogP contribution in [0.15, 0.2) is 22.4 Å². The highest BCUT2D eigenvalue weighted by atomic mass is 32.1. The molecule has 0 atom stereocenters. The average Bonchev–Trinajstić information content (AvgIpc) is 2.65. The summed E-state index contributed by atoms with van der Waals surface area (Å²) in [5, 5.41) is 15.3. The van der Waals surface area contributed by atoms with Crippen LogP contribution in [-0.2, 0) is 4.79 Å². The van der Waals surface area contributed by atoms with Crippen LogP contribution in [0, 0.1) is 11.3 Å². The molecule has 0 unspecified atom stereocenters. The van der Waals surface area contributed by atoms with Crippen molar-refractivity contribution in [3.63, 3.8) is 0 Å². The number of nitriles is 1. The fraction of sp³-hybridized carbons (Fsp3) is 0.273. The summed E-state index contributed by atoms with van der Waals surface area (Å²) in [4.78, 5) is 11.5. The molecule has 1 rings (SSSR count). The fourth-order valence-electron chi connectivity index (χ4n) is 1.01. The molecule has 0 radical (unpaired) electrons. The van der Waals surface area contributed by atoms with E-state index in [-0.39, 0.29) is 17.5 Å². The summed E-state index contributed by atoms with van der Waals surface area (Å²) < 4.78 is 0. The molecule has 0 fully saturated rings. The van der Waals surface area contributed by atoms with Gasteiger partial charge in [0.15, 0.2) is 0 Å². The Morgan fingerprint density at radius 1 is 1.67 bits per heavy atom. The number of rotatable bonds is 3. The number of hydrogen-bond acceptors (Lipinski definition) is 3. The van der Waals surface area contributed by atoms with E-state index in [0.29, 0.717) is 0 Å². The molecule has 0 bridgehead atoms. The summed E-state index contributed by atoms with van der Waals surface area (Å²) in [5.41, 5.74) is 1.03. The molecule has 0 aliphatic rings. The van der Waals surface area contributed by atoms with E-state index < -0.39 is 0 Å². The van der Waals surface area contributed by atoms with E-state index in [0.717, 1.165) is 5.56 Å². The summed E-state index contributed by atoms with van der Waals surface area (Å²) in [6, 6.07) is 3.80. The highest BCUT2D eigenvalue weighted by Gasteiger charge is 2.09. The van der Waals surface area contributed by atoms with Crippen LogP contribution >= 0.6 is 11.3 Å². The summed E-state index contributed by atoms with van der Waals surface area (Å²) in [5.74, 6) is -0.321. The van der Waals surface area contributed by atoms with Gasteiger partial charge in [-0.15, -0.1) is 0 Å². The first-order chi connectivity index (χ1) is 7.13. The molecule has 15 heavy (non-hydrogen) atoms. The van der Waals surface area contributed by atoms with Crippen LogP contribution in [-0.4, -0.2) is 11.9 Å². The van der Waals surface area contributed by atoms with Gasteiger partial charge in [-0.05, 0) is 42.3 Å². The largest absolute Gasteiger partial charge is 0.349 e. The minimum atomic E-state index is -0.321. The lowest BCUT2D eigenvalue weighted by atomic mass is 10.2. The number of thiophene rings is 1. The zero-order chi connectivity index (χ0) is 11.3. The highest BCUT2D eigenvalue weighted by molar-refractivity contribution is 7.08. The maximum Gasteiger partial charge on any atom is 0.262 e. The molecule has 0 aliphatic heterocycles. The minimum Gasteiger partial charge on any atom is -0.349 e. The molecule has 1 amide bonds. The zero-order valence-electron chi connectivity index (χ0n) is 8.65. The first-order valence-corrected chi connectivity index (χ1v) is 5.52. The van der Waals surface area contributed by atoms with Crippen molar-refractivity contribution in [3.05, 3.63) is 28.0 Å². The predicted molar refractivity (Wildman–Crippen MR) is 61.2 cm³/mol. The fourth-order valence-corrected chi connectivity index (χ4v) is 1.63. The second-order valence-electron chi connectivity index (χ2n) is 3.35. The first-order valence-electron chi connectivity index (χ1n) is 4.58. The molecular formula is C11H12N2OS. The molecule has 1 heterocycles. The van der Waals surface area contributed by atoms with Crippen LogP contribution in [0.4, 0.5) is 0 Å². The molecule has 78 valence electrons. The molecule has 0 saturated heterocycles. The van der Waals surface area contributed by atoms with Crippen molar-refractivity contribution in [2.45, 2.75) is 19.9 Å². The Morgan fingerprint density at radius 2 is 2.40 bits per heavy atom. The summed E-state index contributed by atoms with van der Waals surface area (Å²) in [7, 11) is 0. The van der Waals surface area contributed by atoms with E-state index in [4.69, 9.17) is 5.26 Å². The van der Waals surface area contributed by atoms with E-state index in [1.54, 1.807) is 6.08 Å². The zero-order valence-corrected chi connectivity index (χ0v) is 9.47. The molecular weight excluding hydrogens is 208 g/mol. The Balaban J connectivity index is 2.81. The van der Waals surface area contributed by atoms with E-state index in [9.17, 15) is 4.79 Å². The van der Waals surface area contributed by atoms with Gasteiger partial charge in [-0.2, -0.15) is 16.6 Å². The Bertz CT molecular complexity index is 399. The molecule has 0 spiro atoms. The van der Waals surface area contributed by atoms with Crippen molar-refractivity contribution in [1.82, 2.24) is 5.32 Å². The molecule has 3 nitrogen and oxygen atoms in total. The van der Waals surface area contributed by atoms with E-state index >= 15 is 0 Å². The maximum atomic E-state index is 11.5.